The molecule has 7 nitrogen and oxygen atoms in total. The summed E-state index contributed by atoms with van der Waals surface area (Å²) in [5.74, 6) is -1.73. The van der Waals surface area contributed by atoms with Crippen molar-refractivity contribution >= 4 is 17.8 Å². The molecule has 1 aromatic rings. The van der Waals surface area contributed by atoms with Crippen molar-refractivity contribution < 1.29 is 19.2 Å². The number of amides is 2. The highest BCUT2D eigenvalue weighted by Gasteiger charge is 2.37. The van der Waals surface area contributed by atoms with Crippen molar-refractivity contribution in [1.82, 2.24) is 15.3 Å². The Balaban J connectivity index is 1.86. The first-order valence-corrected chi connectivity index (χ1v) is 8.77. The van der Waals surface area contributed by atoms with Crippen LogP contribution in [0.2, 0.25) is 0 Å². The number of carbonyl (C=O) groups is 3. The lowest BCUT2D eigenvalue weighted by Gasteiger charge is -2.28. The Morgan fingerprint density at radius 3 is 2.28 bits per heavy atom. The first-order valence-electron chi connectivity index (χ1n) is 8.77. The van der Waals surface area contributed by atoms with Gasteiger partial charge in [0.25, 0.3) is 11.8 Å². The maximum Gasteiger partial charge on any atom is 0.336 e. The van der Waals surface area contributed by atoms with Gasteiger partial charge in [-0.3, -0.25) is 9.59 Å². The summed E-state index contributed by atoms with van der Waals surface area (Å²) in [6.45, 7) is 5.85. The second-order valence-corrected chi connectivity index (χ2v) is 7.00. The zero-order chi connectivity index (χ0) is 18.1. The van der Waals surface area contributed by atoms with E-state index in [-0.39, 0.29) is 18.8 Å². The summed E-state index contributed by atoms with van der Waals surface area (Å²) in [5.41, 5.74) is 3.92. The number of imide groups is 1. The van der Waals surface area contributed by atoms with Crippen LogP contribution in [-0.4, -0.2) is 33.0 Å². The third kappa shape index (κ3) is 3.41. The summed E-state index contributed by atoms with van der Waals surface area (Å²) < 4.78 is 0. The van der Waals surface area contributed by atoms with Gasteiger partial charge in [0.15, 0.2) is 0 Å². The molecule has 0 bridgehead atoms. The van der Waals surface area contributed by atoms with Gasteiger partial charge < -0.3 is 4.84 Å². The van der Waals surface area contributed by atoms with Gasteiger partial charge in [-0.25, -0.2) is 4.79 Å². The molecule has 2 amide bonds. The Morgan fingerprint density at radius 2 is 1.64 bits per heavy atom. The molecule has 0 spiro atoms. The number of aromatic nitrogens is 2. The zero-order valence-electron chi connectivity index (χ0n) is 14.9. The molecule has 3 rings (SSSR count). The molecule has 0 saturated carbocycles. The lowest BCUT2D eigenvalue weighted by Crippen LogP contribution is -2.37. The molecule has 2 atom stereocenters. The molecule has 134 valence electrons. The highest BCUT2D eigenvalue weighted by Crippen LogP contribution is 2.31. The minimum atomic E-state index is -0.516. The molecule has 1 saturated heterocycles. The van der Waals surface area contributed by atoms with Gasteiger partial charge in [0, 0.05) is 12.8 Å². The summed E-state index contributed by atoms with van der Waals surface area (Å²) >= 11 is 0. The van der Waals surface area contributed by atoms with Crippen LogP contribution < -0.4 is 0 Å². The third-order valence-corrected chi connectivity index (χ3v) is 5.27. The van der Waals surface area contributed by atoms with Crippen LogP contribution in [0.25, 0.3) is 0 Å². The Labute approximate surface area is 146 Å². The van der Waals surface area contributed by atoms with Gasteiger partial charge in [0.05, 0.1) is 17.3 Å². The number of hydrogen-bond donors (Lipinski definition) is 0. The fourth-order valence-electron chi connectivity index (χ4n) is 3.66. The number of fused-ring (bicyclic) bond motifs is 1. The van der Waals surface area contributed by atoms with Crippen LogP contribution in [0.3, 0.4) is 0 Å². The highest BCUT2D eigenvalue weighted by atomic mass is 16.7. The van der Waals surface area contributed by atoms with E-state index < -0.39 is 23.7 Å². The van der Waals surface area contributed by atoms with E-state index in [1.807, 2.05) is 20.8 Å². The molecule has 25 heavy (non-hydrogen) atoms. The van der Waals surface area contributed by atoms with Gasteiger partial charge in [-0.15, -0.1) is 5.06 Å². The monoisotopic (exact) mass is 345 g/mol. The summed E-state index contributed by atoms with van der Waals surface area (Å²) in [4.78, 5) is 41.3. The van der Waals surface area contributed by atoms with Crippen LogP contribution in [-0.2, 0) is 32.1 Å². The molecule has 2 aliphatic rings. The van der Waals surface area contributed by atoms with Gasteiger partial charge in [-0.05, 0) is 56.6 Å². The van der Waals surface area contributed by atoms with Crippen LogP contribution in [0.15, 0.2) is 0 Å². The standard InChI is InChI=1S/C18H23N3O4/c1-10-5-4-6-13-11(2)19-20-12(3)15(13)9-14(10)18(24)25-21-16(22)7-8-17(21)23/h10,14H,4-9H2,1-3H3. The van der Waals surface area contributed by atoms with E-state index in [2.05, 4.69) is 10.2 Å². The second kappa shape index (κ2) is 6.90. The molecular weight excluding hydrogens is 322 g/mol. The lowest BCUT2D eigenvalue weighted by molar-refractivity contribution is -0.201. The second-order valence-electron chi connectivity index (χ2n) is 7.00. The van der Waals surface area contributed by atoms with E-state index in [0.717, 1.165) is 41.8 Å². The molecule has 7 heteroatoms. The van der Waals surface area contributed by atoms with Crippen molar-refractivity contribution in [3.63, 3.8) is 0 Å². The average molecular weight is 345 g/mol. The van der Waals surface area contributed by atoms with Crippen molar-refractivity contribution in [3.8, 4) is 0 Å². The summed E-state index contributed by atoms with van der Waals surface area (Å²) in [6, 6.07) is 0. The predicted molar refractivity (Wildman–Crippen MR) is 88.0 cm³/mol. The number of hydroxylamine groups is 2. The van der Waals surface area contributed by atoms with Crippen molar-refractivity contribution in [3.05, 3.63) is 22.5 Å². The lowest BCUT2D eigenvalue weighted by atomic mass is 9.79. The number of aryl methyl sites for hydroxylation is 2. The minimum Gasteiger partial charge on any atom is -0.330 e. The fourth-order valence-corrected chi connectivity index (χ4v) is 3.66. The van der Waals surface area contributed by atoms with E-state index in [4.69, 9.17) is 4.84 Å². The smallest absolute Gasteiger partial charge is 0.330 e. The molecule has 1 aromatic heterocycles. The predicted octanol–water partition coefficient (Wildman–Crippen LogP) is 1.83. The first kappa shape index (κ1) is 17.5. The Kier molecular flexibility index (Phi) is 4.83. The molecule has 0 aromatic carbocycles. The maximum absolute atomic E-state index is 12.7. The maximum atomic E-state index is 12.7. The van der Waals surface area contributed by atoms with Gasteiger partial charge in [-0.2, -0.15) is 10.2 Å². The minimum absolute atomic E-state index is 0.0985. The molecule has 1 fully saturated rings. The highest BCUT2D eigenvalue weighted by molar-refractivity contribution is 6.01. The van der Waals surface area contributed by atoms with Crippen molar-refractivity contribution in [1.29, 1.82) is 0 Å². The molecule has 0 N–H and O–H groups in total. The van der Waals surface area contributed by atoms with Crippen molar-refractivity contribution in [2.75, 3.05) is 0 Å². The van der Waals surface area contributed by atoms with E-state index in [1.165, 1.54) is 0 Å². The fraction of sp³-hybridized carbons (Fsp3) is 0.611. The number of hydrogen-bond acceptors (Lipinski definition) is 6. The number of nitrogens with zero attached hydrogens (tertiary/aromatic N) is 3. The van der Waals surface area contributed by atoms with Crippen LogP contribution >= 0.6 is 0 Å². The van der Waals surface area contributed by atoms with Crippen LogP contribution in [0.1, 0.15) is 55.1 Å². The molecule has 1 aliphatic carbocycles. The summed E-state index contributed by atoms with van der Waals surface area (Å²) in [7, 11) is 0. The van der Waals surface area contributed by atoms with Gasteiger partial charge in [0.1, 0.15) is 0 Å². The summed E-state index contributed by atoms with van der Waals surface area (Å²) in [5, 5.41) is 9.02. The zero-order valence-corrected chi connectivity index (χ0v) is 14.9. The van der Waals surface area contributed by atoms with Gasteiger partial charge in [-0.1, -0.05) is 6.92 Å². The van der Waals surface area contributed by atoms with E-state index in [1.54, 1.807) is 0 Å². The SMILES string of the molecule is Cc1nnc(C)c2c1CCCC(C)C(C(=O)ON1C(=O)CCC1=O)C2. The molecule has 1 aliphatic heterocycles. The van der Waals surface area contributed by atoms with Gasteiger partial charge in [0.2, 0.25) is 0 Å². The van der Waals surface area contributed by atoms with Crippen LogP contribution in [0.4, 0.5) is 0 Å². The van der Waals surface area contributed by atoms with Crippen molar-refractivity contribution in [2.24, 2.45) is 11.8 Å². The Morgan fingerprint density at radius 1 is 1.04 bits per heavy atom. The Bertz CT molecular complexity index is 715. The summed E-state index contributed by atoms with van der Waals surface area (Å²) in [6.07, 6.45) is 3.44. The van der Waals surface area contributed by atoms with Gasteiger partial charge >= 0.3 is 5.97 Å². The van der Waals surface area contributed by atoms with Crippen LogP contribution in [0.5, 0.6) is 0 Å². The first-order chi connectivity index (χ1) is 11.9. The largest absolute Gasteiger partial charge is 0.336 e. The van der Waals surface area contributed by atoms with Crippen LogP contribution in [0, 0.1) is 25.7 Å². The molecule has 0 radical (unpaired) electrons. The van der Waals surface area contributed by atoms with E-state index >= 15 is 0 Å². The molecule has 2 unspecified atom stereocenters. The van der Waals surface area contributed by atoms with Crippen molar-refractivity contribution in [2.45, 2.75) is 59.3 Å². The van der Waals surface area contributed by atoms with E-state index in [0.29, 0.717) is 11.5 Å². The number of carbonyl (C=O) groups excluding carboxylic acids is 3. The molecule has 2 heterocycles. The third-order valence-electron chi connectivity index (χ3n) is 5.27. The molecular formula is C18H23N3O4. The quantitative estimate of drug-likeness (QED) is 0.760. The average Bonchev–Trinajstić information content (AvgIpc) is 2.87. The van der Waals surface area contributed by atoms with E-state index in [9.17, 15) is 14.4 Å². The Hall–Kier alpha value is -2.31. The topological polar surface area (TPSA) is 89.5 Å². The normalized spacial score (nSPS) is 23.9. The number of rotatable bonds is 2.